The molecule has 0 saturated heterocycles. The topological polar surface area (TPSA) is 12.0 Å². The Morgan fingerprint density at radius 3 is 2.62 bits per heavy atom. The molecule has 1 unspecified atom stereocenters. The van der Waals surface area contributed by atoms with Crippen LogP contribution in [0.25, 0.3) is 0 Å². The molecule has 0 aliphatic carbocycles. The summed E-state index contributed by atoms with van der Waals surface area (Å²) in [5, 5.41) is 5.63. The quantitative estimate of drug-likeness (QED) is 0.884. The van der Waals surface area contributed by atoms with E-state index in [4.69, 9.17) is 0 Å². The molecule has 0 spiro atoms. The fourth-order valence-corrected chi connectivity index (χ4v) is 3.00. The molecule has 1 nitrogen and oxygen atoms in total. The maximum absolute atomic E-state index is 3.54. The van der Waals surface area contributed by atoms with Crippen LogP contribution in [0, 0.1) is 0 Å². The Morgan fingerprint density at radius 2 is 2.00 bits per heavy atom. The maximum atomic E-state index is 3.54. The molecule has 1 aromatic carbocycles. The fraction of sp³-hybridized carbons (Fsp3) is 0.231. The molecule has 16 heavy (non-hydrogen) atoms. The molecular weight excluding hydrogens is 282 g/mol. The van der Waals surface area contributed by atoms with Gasteiger partial charge in [-0.3, -0.25) is 0 Å². The molecule has 3 heteroatoms. The van der Waals surface area contributed by atoms with Crippen LogP contribution in [0.3, 0.4) is 0 Å². The van der Waals surface area contributed by atoms with Gasteiger partial charge in [0.15, 0.2) is 0 Å². The predicted octanol–water partition coefficient (Wildman–Crippen LogP) is 4.36. The highest BCUT2D eigenvalue weighted by Gasteiger charge is 2.06. The lowest BCUT2D eigenvalue weighted by Gasteiger charge is -2.13. The number of hydrogen-bond acceptors (Lipinski definition) is 2. The van der Waals surface area contributed by atoms with E-state index in [0.29, 0.717) is 6.04 Å². The summed E-state index contributed by atoms with van der Waals surface area (Å²) in [5.74, 6) is 0. The van der Waals surface area contributed by atoms with E-state index in [1.54, 1.807) is 11.3 Å². The Kier molecular flexibility index (Phi) is 4.16. The highest BCUT2D eigenvalue weighted by atomic mass is 79.9. The zero-order valence-electron chi connectivity index (χ0n) is 9.11. The molecule has 84 valence electrons. The standard InChI is InChI=1S/C13H14BrNS/c1-10(11-5-3-2-4-6-11)15-9-13-12(14)7-8-16-13/h2-8,10,15H,9H2,1H3. The van der Waals surface area contributed by atoms with Crippen LogP contribution in [0.15, 0.2) is 46.3 Å². The van der Waals surface area contributed by atoms with Gasteiger partial charge in [-0.2, -0.15) is 0 Å². The van der Waals surface area contributed by atoms with Gasteiger partial charge in [0.05, 0.1) is 0 Å². The van der Waals surface area contributed by atoms with Gasteiger partial charge < -0.3 is 5.32 Å². The third-order valence-corrected chi connectivity index (χ3v) is 4.49. The Hall–Kier alpha value is -0.640. The first-order valence-electron chi connectivity index (χ1n) is 5.27. The minimum absolute atomic E-state index is 0.384. The molecule has 1 atom stereocenters. The molecule has 1 aromatic heterocycles. The zero-order valence-corrected chi connectivity index (χ0v) is 11.5. The van der Waals surface area contributed by atoms with Gasteiger partial charge in [-0.1, -0.05) is 30.3 Å². The van der Waals surface area contributed by atoms with E-state index in [1.807, 2.05) is 6.07 Å². The predicted molar refractivity (Wildman–Crippen MR) is 73.7 cm³/mol. The molecule has 0 radical (unpaired) electrons. The fourth-order valence-electron chi connectivity index (χ4n) is 1.56. The van der Waals surface area contributed by atoms with Crippen LogP contribution in [0.2, 0.25) is 0 Å². The van der Waals surface area contributed by atoms with Crippen molar-refractivity contribution < 1.29 is 0 Å². The van der Waals surface area contributed by atoms with E-state index >= 15 is 0 Å². The number of nitrogens with one attached hydrogen (secondary N) is 1. The first kappa shape index (κ1) is 11.8. The van der Waals surface area contributed by atoms with Gasteiger partial charge in [0, 0.05) is 21.9 Å². The minimum Gasteiger partial charge on any atom is -0.305 e. The number of halogens is 1. The number of hydrogen-bond donors (Lipinski definition) is 1. The van der Waals surface area contributed by atoms with E-state index in [2.05, 4.69) is 63.9 Å². The number of benzene rings is 1. The SMILES string of the molecule is CC(NCc1sccc1Br)c1ccccc1. The van der Waals surface area contributed by atoms with Crippen molar-refractivity contribution in [3.8, 4) is 0 Å². The Bertz CT molecular complexity index is 438. The van der Waals surface area contributed by atoms with Gasteiger partial charge in [0.1, 0.15) is 0 Å². The molecule has 0 aliphatic heterocycles. The van der Waals surface area contributed by atoms with E-state index < -0.39 is 0 Å². The number of rotatable bonds is 4. The lowest BCUT2D eigenvalue weighted by atomic mass is 10.1. The molecule has 1 N–H and O–H groups in total. The summed E-state index contributed by atoms with van der Waals surface area (Å²) < 4.78 is 1.20. The van der Waals surface area contributed by atoms with Crippen LogP contribution in [0.5, 0.6) is 0 Å². The molecule has 0 bridgehead atoms. The van der Waals surface area contributed by atoms with Crippen molar-refractivity contribution in [1.29, 1.82) is 0 Å². The highest BCUT2D eigenvalue weighted by molar-refractivity contribution is 9.10. The first-order valence-corrected chi connectivity index (χ1v) is 6.95. The monoisotopic (exact) mass is 295 g/mol. The average molecular weight is 296 g/mol. The Labute approximate surface area is 109 Å². The largest absolute Gasteiger partial charge is 0.305 e. The van der Waals surface area contributed by atoms with Crippen molar-refractivity contribution in [3.05, 3.63) is 56.7 Å². The van der Waals surface area contributed by atoms with Crippen molar-refractivity contribution >= 4 is 27.3 Å². The van der Waals surface area contributed by atoms with Crippen LogP contribution in [0.1, 0.15) is 23.4 Å². The van der Waals surface area contributed by atoms with Crippen LogP contribution < -0.4 is 5.32 Å². The summed E-state index contributed by atoms with van der Waals surface area (Å²) in [6.07, 6.45) is 0. The highest BCUT2D eigenvalue weighted by Crippen LogP contribution is 2.23. The molecule has 0 saturated carbocycles. The average Bonchev–Trinajstić information content (AvgIpc) is 2.73. The second-order valence-electron chi connectivity index (χ2n) is 3.70. The van der Waals surface area contributed by atoms with E-state index in [-0.39, 0.29) is 0 Å². The van der Waals surface area contributed by atoms with E-state index in [9.17, 15) is 0 Å². The second kappa shape index (κ2) is 5.62. The summed E-state index contributed by atoms with van der Waals surface area (Å²) in [7, 11) is 0. The lowest BCUT2D eigenvalue weighted by molar-refractivity contribution is 0.578. The minimum atomic E-state index is 0.384. The van der Waals surface area contributed by atoms with Gasteiger partial charge in [0.2, 0.25) is 0 Å². The van der Waals surface area contributed by atoms with Crippen LogP contribution >= 0.6 is 27.3 Å². The van der Waals surface area contributed by atoms with Crippen molar-refractivity contribution in [3.63, 3.8) is 0 Å². The Morgan fingerprint density at radius 1 is 1.25 bits per heavy atom. The summed E-state index contributed by atoms with van der Waals surface area (Å²) in [4.78, 5) is 1.35. The third kappa shape index (κ3) is 2.94. The van der Waals surface area contributed by atoms with Gasteiger partial charge in [-0.25, -0.2) is 0 Å². The van der Waals surface area contributed by atoms with Gasteiger partial charge in [-0.05, 0) is 39.9 Å². The van der Waals surface area contributed by atoms with Crippen LogP contribution in [-0.2, 0) is 6.54 Å². The summed E-state index contributed by atoms with van der Waals surface area (Å²) >= 11 is 5.32. The van der Waals surface area contributed by atoms with Crippen LogP contribution in [-0.4, -0.2) is 0 Å². The van der Waals surface area contributed by atoms with Gasteiger partial charge in [0.25, 0.3) is 0 Å². The summed E-state index contributed by atoms with van der Waals surface area (Å²) in [6.45, 7) is 3.10. The van der Waals surface area contributed by atoms with Gasteiger partial charge in [-0.15, -0.1) is 11.3 Å². The number of thiophene rings is 1. The van der Waals surface area contributed by atoms with E-state index in [0.717, 1.165) is 6.54 Å². The lowest BCUT2D eigenvalue weighted by Crippen LogP contribution is -2.17. The molecule has 2 aromatic rings. The maximum Gasteiger partial charge on any atom is 0.0327 e. The normalized spacial score (nSPS) is 12.6. The molecule has 1 heterocycles. The first-order chi connectivity index (χ1) is 7.77. The van der Waals surface area contributed by atoms with E-state index in [1.165, 1.54) is 14.9 Å². The zero-order chi connectivity index (χ0) is 11.4. The molecule has 0 fully saturated rings. The second-order valence-corrected chi connectivity index (χ2v) is 5.56. The molecule has 0 amide bonds. The van der Waals surface area contributed by atoms with Crippen molar-refractivity contribution in [1.82, 2.24) is 5.32 Å². The van der Waals surface area contributed by atoms with Gasteiger partial charge >= 0.3 is 0 Å². The van der Waals surface area contributed by atoms with Crippen molar-refractivity contribution in [2.24, 2.45) is 0 Å². The molecule has 2 rings (SSSR count). The summed E-state index contributed by atoms with van der Waals surface area (Å²) in [6, 6.07) is 13.0. The Balaban J connectivity index is 1.94. The van der Waals surface area contributed by atoms with Crippen LogP contribution in [0.4, 0.5) is 0 Å². The van der Waals surface area contributed by atoms with Crippen molar-refractivity contribution in [2.75, 3.05) is 0 Å². The molecule has 0 aliphatic rings. The summed E-state index contributed by atoms with van der Waals surface area (Å²) in [5.41, 5.74) is 1.33. The third-order valence-electron chi connectivity index (χ3n) is 2.56. The smallest absolute Gasteiger partial charge is 0.0327 e. The molecular formula is C13H14BrNS. The van der Waals surface area contributed by atoms with Crippen molar-refractivity contribution in [2.45, 2.75) is 19.5 Å².